The van der Waals surface area contributed by atoms with E-state index in [0.29, 0.717) is 6.54 Å². The summed E-state index contributed by atoms with van der Waals surface area (Å²) in [6.07, 6.45) is 0.884. The van der Waals surface area contributed by atoms with Gasteiger partial charge in [0.1, 0.15) is 17.8 Å². The van der Waals surface area contributed by atoms with Crippen molar-refractivity contribution in [2.24, 2.45) is 0 Å². The molecule has 0 saturated carbocycles. The van der Waals surface area contributed by atoms with E-state index >= 15 is 0 Å². The number of rotatable bonds is 4. The number of nitrogens with one attached hydrogen (secondary N) is 1. The van der Waals surface area contributed by atoms with Crippen LogP contribution < -0.4 is 9.80 Å². The highest BCUT2D eigenvalue weighted by atomic mass is 32.2. The summed E-state index contributed by atoms with van der Waals surface area (Å²) < 4.78 is 24.6. The highest BCUT2D eigenvalue weighted by Crippen LogP contribution is 2.25. The van der Waals surface area contributed by atoms with Gasteiger partial charge in [-0.05, 0) is 23.6 Å². The number of benzene rings is 1. The molecule has 5 nitrogen and oxygen atoms in total. The van der Waals surface area contributed by atoms with Gasteiger partial charge in [0.15, 0.2) is 16.4 Å². The summed E-state index contributed by atoms with van der Waals surface area (Å²) in [5.41, 5.74) is 0.803. The van der Waals surface area contributed by atoms with Gasteiger partial charge >= 0.3 is 0 Å². The quantitative estimate of drug-likeness (QED) is 0.839. The Morgan fingerprint density at radius 2 is 1.92 bits per heavy atom. The molecule has 0 aliphatic carbocycles. The van der Waals surface area contributed by atoms with Crippen LogP contribution in [0, 0.1) is 0 Å². The molecule has 2 aliphatic rings. The molecule has 1 amide bonds. The fraction of sp³-hybridized carbons (Fsp3) is 0.389. The zero-order valence-electron chi connectivity index (χ0n) is 13.8. The third-order valence-electron chi connectivity index (χ3n) is 5.13. The summed E-state index contributed by atoms with van der Waals surface area (Å²) in [7, 11) is -3.11. The molecule has 1 N–H and O–H groups in total. The molecule has 3 atom stereocenters. The number of quaternary nitrogens is 1. The Morgan fingerprint density at radius 3 is 2.64 bits per heavy atom. The molecular weight excluding hydrogens is 356 g/mol. The number of anilines is 1. The molecule has 7 heteroatoms. The zero-order chi connectivity index (χ0) is 17.4. The van der Waals surface area contributed by atoms with E-state index in [4.69, 9.17) is 0 Å². The normalized spacial score (nSPS) is 28.1. The topological polar surface area (TPSA) is 58.9 Å². The Bertz CT molecular complexity index is 850. The summed E-state index contributed by atoms with van der Waals surface area (Å²) in [5, 5.41) is 2.05. The average Bonchev–Trinajstić information content (AvgIpc) is 3.20. The maximum Gasteiger partial charge on any atom is 0.282 e. The molecule has 1 aromatic carbocycles. The third kappa shape index (κ3) is 3.36. The summed E-state index contributed by atoms with van der Waals surface area (Å²) in [4.78, 5) is 16.9. The smallest absolute Gasteiger partial charge is 0.282 e. The van der Waals surface area contributed by atoms with E-state index in [1.54, 1.807) is 16.2 Å². The van der Waals surface area contributed by atoms with E-state index in [-0.39, 0.29) is 29.5 Å². The van der Waals surface area contributed by atoms with Crippen LogP contribution in [0.25, 0.3) is 0 Å². The van der Waals surface area contributed by atoms with Crippen LogP contribution in [-0.2, 0) is 21.1 Å². The number of amides is 1. The van der Waals surface area contributed by atoms with Gasteiger partial charge in [0.05, 0.1) is 12.3 Å². The SMILES string of the molecule is O=C1C[NH+](CCc2cccs2)[C@H]2CS(=O)(=O)C[C@H]2N1c1ccccc1. The predicted molar refractivity (Wildman–Crippen MR) is 98.9 cm³/mol. The lowest BCUT2D eigenvalue weighted by atomic mass is 10.0. The number of sulfone groups is 1. The first-order valence-corrected chi connectivity index (χ1v) is 11.2. The van der Waals surface area contributed by atoms with Crippen molar-refractivity contribution in [2.75, 3.05) is 29.5 Å². The van der Waals surface area contributed by atoms with Crippen LogP contribution in [0.15, 0.2) is 47.8 Å². The number of carbonyl (C=O) groups excluding carboxylic acids is 1. The molecule has 2 saturated heterocycles. The fourth-order valence-corrected chi connectivity index (χ4v) is 6.76. The second-order valence-electron chi connectivity index (χ2n) is 6.76. The molecule has 3 heterocycles. The molecule has 2 fully saturated rings. The van der Waals surface area contributed by atoms with Gasteiger partial charge < -0.3 is 4.90 Å². The lowest BCUT2D eigenvalue weighted by Crippen LogP contribution is -3.20. The predicted octanol–water partition coefficient (Wildman–Crippen LogP) is 0.388. The van der Waals surface area contributed by atoms with Crippen molar-refractivity contribution in [1.82, 2.24) is 0 Å². The standard InChI is InChI=1S/C18H20N2O3S2/c21-18-11-19(9-8-15-7-4-10-24-15)16-12-25(22,23)13-17(16)20(18)14-5-2-1-3-6-14/h1-7,10,16-17H,8-9,11-13H2/p+1/t16-,17+/m0/s1. The third-order valence-corrected chi connectivity index (χ3v) is 7.79. The highest BCUT2D eigenvalue weighted by molar-refractivity contribution is 7.91. The van der Waals surface area contributed by atoms with Crippen LogP contribution in [0.5, 0.6) is 0 Å². The van der Waals surface area contributed by atoms with E-state index in [1.807, 2.05) is 41.8 Å². The Morgan fingerprint density at radius 1 is 1.12 bits per heavy atom. The van der Waals surface area contributed by atoms with E-state index in [1.165, 1.54) is 4.88 Å². The maximum absolute atomic E-state index is 12.8. The summed E-state index contributed by atoms with van der Waals surface area (Å²) in [6, 6.07) is 13.3. The first-order valence-electron chi connectivity index (χ1n) is 8.48. The number of carbonyl (C=O) groups is 1. The van der Waals surface area contributed by atoms with Gasteiger partial charge in [0.2, 0.25) is 0 Å². The number of hydrogen-bond donors (Lipinski definition) is 1. The van der Waals surface area contributed by atoms with Gasteiger partial charge in [-0.15, -0.1) is 11.3 Å². The summed E-state index contributed by atoms with van der Waals surface area (Å²) in [6.45, 7) is 1.16. The second-order valence-corrected chi connectivity index (χ2v) is 9.95. The zero-order valence-corrected chi connectivity index (χ0v) is 15.4. The molecular formula is C18H21N2O3S2+. The van der Waals surface area contributed by atoms with Crippen molar-refractivity contribution < 1.29 is 18.1 Å². The van der Waals surface area contributed by atoms with Crippen molar-refractivity contribution in [3.8, 4) is 0 Å². The number of para-hydroxylation sites is 1. The number of piperazine rings is 1. The molecule has 2 aliphatic heterocycles. The summed E-state index contributed by atoms with van der Waals surface area (Å²) >= 11 is 1.71. The van der Waals surface area contributed by atoms with Gasteiger partial charge in [-0.25, -0.2) is 8.42 Å². The second kappa shape index (κ2) is 6.55. The molecule has 1 unspecified atom stereocenters. The first kappa shape index (κ1) is 16.8. The highest BCUT2D eigenvalue weighted by Gasteiger charge is 2.52. The van der Waals surface area contributed by atoms with Crippen LogP contribution in [-0.4, -0.2) is 51.0 Å². The van der Waals surface area contributed by atoms with Crippen LogP contribution in [0.1, 0.15) is 4.88 Å². The first-order chi connectivity index (χ1) is 12.0. The van der Waals surface area contributed by atoms with Crippen LogP contribution in [0.4, 0.5) is 5.69 Å². The minimum Gasteiger partial charge on any atom is -0.322 e. The monoisotopic (exact) mass is 377 g/mol. The van der Waals surface area contributed by atoms with Crippen molar-refractivity contribution in [3.05, 3.63) is 52.7 Å². The molecule has 4 rings (SSSR count). The molecule has 2 aromatic rings. The number of thiophene rings is 1. The number of fused-ring (bicyclic) bond motifs is 1. The lowest BCUT2D eigenvalue weighted by molar-refractivity contribution is -0.917. The van der Waals surface area contributed by atoms with Crippen molar-refractivity contribution in [1.29, 1.82) is 0 Å². The van der Waals surface area contributed by atoms with Gasteiger partial charge in [0.25, 0.3) is 5.91 Å². The van der Waals surface area contributed by atoms with Crippen LogP contribution >= 0.6 is 11.3 Å². The number of hydrogen-bond acceptors (Lipinski definition) is 4. The largest absolute Gasteiger partial charge is 0.322 e. The Hall–Kier alpha value is -1.70. The van der Waals surface area contributed by atoms with Gasteiger partial charge in [-0.3, -0.25) is 9.69 Å². The molecule has 25 heavy (non-hydrogen) atoms. The minimum absolute atomic E-state index is 0.0192. The Kier molecular flexibility index (Phi) is 4.39. The molecule has 0 spiro atoms. The van der Waals surface area contributed by atoms with E-state index in [0.717, 1.165) is 23.6 Å². The molecule has 132 valence electrons. The van der Waals surface area contributed by atoms with Crippen LogP contribution in [0.2, 0.25) is 0 Å². The minimum atomic E-state index is -3.11. The van der Waals surface area contributed by atoms with E-state index < -0.39 is 9.84 Å². The summed E-state index contributed by atoms with van der Waals surface area (Å²) in [5.74, 6) is 0.264. The van der Waals surface area contributed by atoms with Gasteiger partial charge in [-0.1, -0.05) is 24.3 Å². The molecule has 0 bridgehead atoms. The van der Waals surface area contributed by atoms with Gasteiger partial charge in [-0.2, -0.15) is 0 Å². The van der Waals surface area contributed by atoms with Crippen molar-refractivity contribution in [3.63, 3.8) is 0 Å². The van der Waals surface area contributed by atoms with Crippen molar-refractivity contribution in [2.45, 2.75) is 18.5 Å². The maximum atomic E-state index is 12.8. The molecule has 0 radical (unpaired) electrons. The van der Waals surface area contributed by atoms with Crippen molar-refractivity contribution >= 4 is 32.8 Å². The average molecular weight is 378 g/mol. The van der Waals surface area contributed by atoms with Gasteiger partial charge in [0, 0.05) is 17.0 Å². The van der Waals surface area contributed by atoms with Crippen LogP contribution in [0.3, 0.4) is 0 Å². The fourth-order valence-electron chi connectivity index (χ4n) is 4.01. The lowest BCUT2D eigenvalue weighted by Gasteiger charge is -2.40. The Labute approximate surface area is 151 Å². The number of nitrogens with zero attached hydrogens (tertiary/aromatic N) is 1. The van der Waals surface area contributed by atoms with E-state index in [2.05, 4.69) is 6.07 Å². The molecule has 1 aromatic heterocycles. The van der Waals surface area contributed by atoms with E-state index in [9.17, 15) is 13.2 Å². The Balaban J connectivity index is 1.60.